The third-order valence-electron chi connectivity index (χ3n) is 6.06. The van der Waals surface area contributed by atoms with Crippen LogP contribution in [0.4, 0.5) is 0 Å². The minimum absolute atomic E-state index is 0.149. The van der Waals surface area contributed by atoms with Crippen molar-refractivity contribution in [3.8, 4) is 0 Å². The summed E-state index contributed by atoms with van der Waals surface area (Å²) in [7, 11) is 0. The van der Waals surface area contributed by atoms with Crippen LogP contribution in [0.1, 0.15) is 42.4 Å². The highest BCUT2D eigenvalue weighted by molar-refractivity contribution is 5.89. The van der Waals surface area contributed by atoms with Crippen LogP contribution in [0.3, 0.4) is 0 Å². The summed E-state index contributed by atoms with van der Waals surface area (Å²) < 4.78 is 19.9. The van der Waals surface area contributed by atoms with E-state index in [1.165, 1.54) is 16.8 Å². The normalized spacial score (nSPS) is 21.9. The van der Waals surface area contributed by atoms with Gasteiger partial charge in [0.15, 0.2) is 12.3 Å². The lowest BCUT2D eigenvalue weighted by Gasteiger charge is -2.23. The Kier molecular flexibility index (Phi) is 7.40. The smallest absolute Gasteiger partial charge is 0.338 e. The van der Waals surface area contributed by atoms with Gasteiger partial charge in [-0.2, -0.15) is 0 Å². The van der Waals surface area contributed by atoms with Crippen LogP contribution in [0.15, 0.2) is 82.5 Å². The second-order valence-corrected chi connectivity index (χ2v) is 8.30. The summed E-state index contributed by atoms with van der Waals surface area (Å²) in [5.41, 5.74) is 0.277. The molecule has 1 saturated heterocycles. The van der Waals surface area contributed by atoms with E-state index >= 15 is 0 Å². The van der Waals surface area contributed by atoms with Gasteiger partial charge in [-0.3, -0.25) is 9.36 Å². The van der Waals surface area contributed by atoms with Gasteiger partial charge in [0, 0.05) is 18.2 Å². The van der Waals surface area contributed by atoms with E-state index in [1.807, 2.05) is 50.2 Å². The van der Waals surface area contributed by atoms with Crippen LogP contribution in [0, 0.1) is 5.92 Å². The minimum Gasteiger partial charge on any atom is -0.454 e. The number of hydrogen-bond acceptors (Lipinski definition) is 6. The summed E-state index contributed by atoms with van der Waals surface area (Å²) in [6.45, 7) is 3.96. The summed E-state index contributed by atoms with van der Waals surface area (Å²) in [6.07, 6.45) is 0.302. The molecule has 1 aliphatic heterocycles. The number of carbonyl (C=O) groups excluding carboxylic acids is 1. The fourth-order valence-corrected chi connectivity index (χ4v) is 4.15. The predicted octanol–water partition coefficient (Wildman–Crippen LogP) is 3.35. The van der Waals surface area contributed by atoms with E-state index < -0.39 is 29.6 Å². The van der Waals surface area contributed by atoms with Gasteiger partial charge in [-0.25, -0.2) is 14.2 Å². The van der Waals surface area contributed by atoms with Crippen LogP contribution in [0.25, 0.3) is 0 Å². The van der Waals surface area contributed by atoms with Gasteiger partial charge in [-0.15, -0.1) is 0 Å². The maximum absolute atomic E-state index is 13.2. The Morgan fingerprint density at radius 2 is 1.68 bits per heavy atom. The van der Waals surface area contributed by atoms with E-state index in [0.29, 0.717) is 12.0 Å². The number of carbonyl (C=O) groups is 1. The van der Waals surface area contributed by atoms with Crippen LogP contribution in [-0.2, 0) is 27.5 Å². The van der Waals surface area contributed by atoms with E-state index in [0.717, 1.165) is 10.1 Å². The van der Waals surface area contributed by atoms with Gasteiger partial charge in [-0.05, 0) is 24.1 Å². The third kappa shape index (κ3) is 5.03. The van der Waals surface area contributed by atoms with Gasteiger partial charge in [0.2, 0.25) is 0 Å². The molecule has 4 rings (SSSR count). The number of benzene rings is 2. The number of hydrogen-bond donors (Lipinski definition) is 0. The van der Waals surface area contributed by atoms with Crippen LogP contribution >= 0.6 is 0 Å². The van der Waals surface area contributed by atoms with E-state index in [4.69, 9.17) is 14.2 Å². The molecule has 0 saturated carbocycles. The molecule has 0 spiro atoms. The summed E-state index contributed by atoms with van der Waals surface area (Å²) in [4.78, 5) is 38.4. The second kappa shape index (κ2) is 10.6. The molecule has 0 N–H and O–H groups in total. The lowest BCUT2D eigenvalue weighted by atomic mass is 9.98. The molecule has 1 aliphatic rings. The molecule has 8 nitrogen and oxygen atoms in total. The summed E-state index contributed by atoms with van der Waals surface area (Å²) in [6, 6.07) is 19.4. The maximum atomic E-state index is 13.2. The summed E-state index contributed by atoms with van der Waals surface area (Å²) >= 11 is 0. The van der Waals surface area contributed by atoms with Gasteiger partial charge in [0.1, 0.15) is 6.73 Å². The molecule has 0 radical (unpaired) electrons. The quantitative estimate of drug-likeness (QED) is 0.475. The van der Waals surface area contributed by atoms with Crippen molar-refractivity contribution in [2.75, 3.05) is 0 Å². The van der Waals surface area contributed by atoms with Crippen LogP contribution in [0.5, 0.6) is 0 Å². The Labute approximate surface area is 197 Å². The highest BCUT2D eigenvalue weighted by Gasteiger charge is 2.45. The van der Waals surface area contributed by atoms with E-state index in [-0.39, 0.29) is 25.4 Å². The Hall–Kier alpha value is -3.49. The standard InChI is InChI=1S/C26H28N2O6/c1-3-21-18(2)23(34-25(30)20-12-8-5-9-13-20)24(33-21)27-15-14-22(29)28(26(27)31)17-32-16-19-10-6-4-7-11-19/h4-15,18,21,23-24H,3,16-17H2,1-2H3/t18-,21-,23-,24-/m0/s1. The maximum Gasteiger partial charge on any atom is 0.338 e. The molecule has 2 aromatic carbocycles. The SMILES string of the molecule is CC[C@@H]1O[C@H](n2ccc(=O)n(COCc3ccccc3)c2=O)[C@@H](OC(=O)c2ccccc2)[C@H]1C. The average molecular weight is 465 g/mol. The molecule has 3 aromatic rings. The van der Waals surface area contributed by atoms with Crippen molar-refractivity contribution in [2.24, 2.45) is 5.92 Å². The Morgan fingerprint density at radius 3 is 2.35 bits per heavy atom. The molecule has 1 aromatic heterocycles. The van der Waals surface area contributed by atoms with Crippen molar-refractivity contribution in [1.82, 2.24) is 9.13 Å². The van der Waals surface area contributed by atoms with Gasteiger partial charge in [0.05, 0.1) is 18.3 Å². The molecule has 34 heavy (non-hydrogen) atoms. The van der Waals surface area contributed by atoms with Crippen molar-refractivity contribution in [1.29, 1.82) is 0 Å². The number of aromatic nitrogens is 2. The van der Waals surface area contributed by atoms with Crippen molar-refractivity contribution in [3.63, 3.8) is 0 Å². The first-order valence-corrected chi connectivity index (χ1v) is 11.3. The Bertz CT molecular complexity index is 1220. The van der Waals surface area contributed by atoms with Crippen LogP contribution in [-0.4, -0.2) is 27.3 Å². The molecule has 0 unspecified atom stereocenters. The van der Waals surface area contributed by atoms with Gasteiger partial charge in [-0.1, -0.05) is 62.4 Å². The van der Waals surface area contributed by atoms with Crippen molar-refractivity contribution >= 4 is 5.97 Å². The van der Waals surface area contributed by atoms with Crippen LogP contribution < -0.4 is 11.2 Å². The van der Waals surface area contributed by atoms with Gasteiger partial charge in [0.25, 0.3) is 5.56 Å². The van der Waals surface area contributed by atoms with E-state index in [9.17, 15) is 14.4 Å². The monoisotopic (exact) mass is 464 g/mol. The third-order valence-corrected chi connectivity index (χ3v) is 6.06. The number of ether oxygens (including phenoxy) is 3. The predicted molar refractivity (Wildman–Crippen MR) is 125 cm³/mol. The van der Waals surface area contributed by atoms with Gasteiger partial charge < -0.3 is 14.2 Å². The lowest BCUT2D eigenvalue weighted by molar-refractivity contribution is -0.0528. The summed E-state index contributed by atoms with van der Waals surface area (Å²) in [5, 5.41) is 0. The Balaban J connectivity index is 1.58. The fraction of sp³-hybridized carbons (Fsp3) is 0.346. The Morgan fingerprint density at radius 1 is 1.00 bits per heavy atom. The number of rotatable bonds is 8. The van der Waals surface area contributed by atoms with E-state index in [1.54, 1.807) is 24.3 Å². The first-order valence-electron chi connectivity index (χ1n) is 11.3. The highest BCUT2D eigenvalue weighted by atomic mass is 16.6. The summed E-state index contributed by atoms with van der Waals surface area (Å²) in [5.74, 6) is -0.639. The highest BCUT2D eigenvalue weighted by Crippen LogP contribution is 2.37. The molecule has 0 aliphatic carbocycles. The molecule has 0 bridgehead atoms. The van der Waals surface area contributed by atoms with Crippen molar-refractivity contribution in [2.45, 2.75) is 52.0 Å². The van der Waals surface area contributed by atoms with Gasteiger partial charge >= 0.3 is 11.7 Å². The molecule has 2 heterocycles. The zero-order chi connectivity index (χ0) is 24.1. The minimum atomic E-state index is -0.860. The first kappa shape index (κ1) is 23.7. The topological polar surface area (TPSA) is 88.8 Å². The largest absolute Gasteiger partial charge is 0.454 e. The van der Waals surface area contributed by atoms with Crippen molar-refractivity contribution < 1.29 is 19.0 Å². The lowest BCUT2D eigenvalue weighted by Crippen LogP contribution is -2.43. The molecule has 178 valence electrons. The molecule has 4 atom stereocenters. The number of nitrogens with zero attached hydrogens (tertiary/aromatic N) is 2. The first-order chi connectivity index (χ1) is 16.5. The molecule has 8 heteroatoms. The second-order valence-electron chi connectivity index (χ2n) is 8.30. The molecule has 1 fully saturated rings. The van der Waals surface area contributed by atoms with Crippen molar-refractivity contribution in [3.05, 3.63) is 105 Å². The average Bonchev–Trinajstić information content (AvgIpc) is 3.17. The number of esters is 1. The van der Waals surface area contributed by atoms with Crippen LogP contribution in [0.2, 0.25) is 0 Å². The fourth-order valence-electron chi connectivity index (χ4n) is 4.15. The molecular weight excluding hydrogens is 436 g/mol. The zero-order valence-corrected chi connectivity index (χ0v) is 19.2. The molecular formula is C26H28N2O6. The van der Waals surface area contributed by atoms with E-state index in [2.05, 4.69) is 0 Å². The zero-order valence-electron chi connectivity index (χ0n) is 19.2. The molecule has 0 amide bonds.